The van der Waals surface area contributed by atoms with Gasteiger partial charge in [-0.05, 0) is 41.5 Å². The molecular formula is C24H19ClF4N4. The fourth-order valence-electron chi connectivity index (χ4n) is 3.75. The van der Waals surface area contributed by atoms with Gasteiger partial charge < -0.3 is 4.98 Å². The molecule has 0 bridgehead atoms. The van der Waals surface area contributed by atoms with Crippen molar-refractivity contribution < 1.29 is 17.6 Å². The summed E-state index contributed by atoms with van der Waals surface area (Å²) in [6.45, 7) is 0.169. The standard InChI is InChI=1S/C24H19ClF4N4/c25-19-6-7-21(32-14-19)23(13-16-4-2-1-3-5-16,33-15-22-30-8-9-31-22)17-10-18(24(27,28)29)12-20(26)11-17/h1-12,14,33H,13,15H2,(H,30,31). The molecule has 0 radical (unpaired) electrons. The smallest absolute Gasteiger partial charge is 0.348 e. The Morgan fingerprint density at radius 1 is 0.939 bits per heavy atom. The molecule has 4 rings (SSSR count). The van der Waals surface area contributed by atoms with Crippen LogP contribution in [0.4, 0.5) is 17.6 Å². The van der Waals surface area contributed by atoms with Gasteiger partial charge in [-0.2, -0.15) is 13.2 Å². The second-order valence-electron chi connectivity index (χ2n) is 7.55. The summed E-state index contributed by atoms with van der Waals surface area (Å²) in [5, 5.41) is 3.68. The Morgan fingerprint density at radius 2 is 1.70 bits per heavy atom. The molecule has 0 saturated heterocycles. The topological polar surface area (TPSA) is 53.6 Å². The number of alkyl halides is 3. The molecule has 0 fully saturated rings. The van der Waals surface area contributed by atoms with Crippen LogP contribution in [-0.2, 0) is 24.7 Å². The molecular weight excluding hydrogens is 456 g/mol. The van der Waals surface area contributed by atoms with Gasteiger partial charge in [-0.1, -0.05) is 41.9 Å². The van der Waals surface area contributed by atoms with E-state index in [-0.39, 0.29) is 18.5 Å². The van der Waals surface area contributed by atoms with Crippen molar-refractivity contribution in [3.8, 4) is 0 Å². The van der Waals surface area contributed by atoms with E-state index >= 15 is 0 Å². The van der Waals surface area contributed by atoms with Crippen molar-refractivity contribution in [1.29, 1.82) is 0 Å². The lowest BCUT2D eigenvalue weighted by molar-refractivity contribution is -0.137. The average Bonchev–Trinajstić information content (AvgIpc) is 3.31. The van der Waals surface area contributed by atoms with Gasteiger partial charge in [-0.15, -0.1) is 0 Å². The number of aromatic nitrogens is 3. The van der Waals surface area contributed by atoms with Crippen molar-refractivity contribution in [3.63, 3.8) is 0 Å². The van der Waals surface area contributed by atoms with E-state index in [9.17, 15) is 17.6 Å². The number of rotatable bonds is 7. The molecule has 0 saturated carbocycles. The summed E-state index contributed by atoms with van der Waals surface area (Å²) >= 11 is 6.03. The molecule has 0 aliphatic rings. The zero-order chi connectivity index (χ0) is 23.5. The van der Waals surface area contributed by atoms with Crippen LogP contribution in [-0.4, -0.2) is 15.0 Å². The Labute approximate surface area is 192 Å². The second kappa shape index (κ2) is 9.33. The maximum Gasteiger partial charge on any atom is 0.416 e. The van der Waals surface area contributed by atoms with Crippen LogP contribution in [0.2, 0.25) is 5.02 Å². The van der Waals surface area contributed by atoms with Gasteiger partial charge in [0.15, 0.2) is 0 Å². The number of nitrogens with one attached hydrogen (secondary N) is 2. The SMILES string of the molecule is Fc1cc(C(F)(F)F)cc(C(Cc2ccccc2)(NCc2ncc[nH]2)c2ccc(Cl)cn2)c1. The van der Waals surface area contributed by atoms with E-state index in [1.807, 2.05) is 30.3 Å². The number of hydrogen-bond donors (Lipinski definition) is 2. The molecule has 2 heterocycles. The van der Waals surface area contributed by atoms with E-state index in [0.29, 0.717) is 22.6 Å². The normalized spacial score (nSPS) is 13.6. The van der Waals surface area contributed by atoms with Gasteiger partial charge in [-0.3, -0.25) is 10.3 Å². The molecule has 1 atom stereocenters. The molecule has 9 heteroatoms. The summed E-state index contributed by atoms with van der Waals surface area (Å²) in [6.07, 6.45) is 0.101. The van der Waals surface area contributed by atoms with E-state index in [0.717, 1.165) is 17.7 Å². The third kappa shape index (κ3) is 5.23. The lowest BCUT2D eigenvalue weighted by atomic mass is 9.79. The van der Waals surface area contributed by atoms with Crippen LogP contribution in [0.15, 0.2) is 79.3 Å². The fourth-order valence-corrected chi connectivity index (χ4v) is 3.87. The minimum atomic E-state index is -4.72. The minimum Gasteiger partial charge on any atom is -0.348 e. The summed E-state index contributed by atoms with van der Waals surface area (Å²) in [4.78, 5) is 11.6. The highest BCUT2D eigenvalue weighted by atomic mass is 35.5. The molecule has 0 amide bonds. The highest BCUT2D eigenvalue weighted by Gasteiger charge is 2.39. The number of imidazole rings is 1. The zero-order valence-electron chi connectivity index (χ0n) is 17.2. The van der Waals surface area contributed by atoms with E-state index in [4.69, 9.17) is 11.6 Å². The second-order valence-corrected chi connectivity index (χ2v) is 7.98. The van der Waals surface area contributed by atoms with Crippen molar-refractivity contribution in [2.24, 2.45) is 0 Å². The quantitative estimate of drug-likeness (QED) is 0.328. The first-order valence-electron chi connectivity index (χ1n) is 10.0. The Morgan fingerprint density at radius 3 is 2.33 bits per heavy atom. The molecule has 4 aromatic rings. The Balaban J connectivity index is 1.93. The lowest BCUT2D eigenvalue weighted by Gasteiger charge is -2.36. The largest absolute Gasteiger partial charge is 0.416 e. The highest BCUT2D eigenvalue weighted by Crippen LogP contribution is 2.38. The molecule has 33 heavy (non-hydrogen) atoms. The van der Waals surface area contributed by atoms with E-state index in [2.05, 4.69) is 20.3 Å². The van der Waals surface area contributed by atoms with E-state index in [1.54, 1.807) is 24.5 Å². The number of aromatic amines is 1. The van der Waals surface area contributed by atoms with Crippen molar-refractivity contribution >= 4 is 11.6 Å². The van der Waals surface area contributed by atoms with Gasteiger partial charge in [0.05, 0.1) is 28.4 Å². The summed E-state index contributed by atoms with van der Waals surface area (Å²) in [6, 6.07) is 15.0. The van der Waals surface area contributed by atoms with Gasteiger partial charge in [-0.25, -0.2) is 9.37 Å². The first-order valence-corrected chi connectivity index (χ1v) is 10.4. The van der Waals surface area contributed by atoms with Crippen LogP contribution in [0, 0.1) is 5.82 Å². The predicted molar refractivity (Wildman–Crippen MR) is 117 cm³/mol. The van der Waals surface area contributed by atoms with Gasteiger partial charge in [0.25, 0.3) is 0 Å². The molecule has 0 spiro atoms. The number of pyridine rings is 1. The van der Waals surface area contributed by atoms with E-state index in [1.165, 1.54) is 6.20 Å². The molecule has 170 valence electrons. The van der Waals surface area contributed by atoms with Gasteiger partial charge in [0.1, 0.15) is 11.6 Å². The average molecular weight is 475 g/mol. The Bertz CT molecular complexity index is 1200. The van der Waals surface area contributed by atoms with Crippen LogP contribution in [0.3, 0.4) is 0 Å². The van der Waals surface area contributed by atoms with Crippen LogP contribution in [0.5, 0.6) is 0 Å². The van der Waals surface area contributed by atoms with Crippen LogP contribution >= 0.6 is 11.6 Å². The van der Waals surface area contributed by atoms with Crippen molar-refractivity contribution in [2.75, 3.05) is 0 Å². The monoisotopic (exact) mass is 474 g/mol. The Hall–Kier alpha value is -3.23. The van der Waals surface area contributed by atoms with Crippen molar-refractivity contribution in [1.82, 2.24) is 20.3 Å². The molecule has 0 aliphatic carbocycles. The van der Waals surface area contributed by atoms with Gasteiger partial charge in [0.2, 0.25) is 0 Å². The number of H-pyrrole nitrogens is 1. The summed E-state index contributed by atoms with van der Waals surface area (Å²) < 4.78 is 55.3. The first-order chi connectivity index (χ1) is 15.8. The van der Waals surface area contributed by atoms with Crippen molar-refractivity contribution in [3.05, 3.63) is 118 Å². The molecule has 2 aromatic heterocycles. The summed E-state index contributed by atoms with van der Waals surface area (Å²) in [5.41, 5.74) is -1.11. The first kappa shape index (κ1) is 22.9. The predicted octanol–water partition coefficient (Wildman–Crippen LogP) is 5.89. The maximum atomic E-state index is 14.5. The third-order valence-electron chi connectivity index (χ3n) is 5.31. The van der Waals surface area contributed by atoms with Crippen LogP contribution in [0.1, 0.15) is 28.2 Å². The van der Waals surface area contributed by atoms with Crippen LogP contribution < -0.4 is 5.32 Å². The maximum absolute atomic E-state index is 14.5. The highest BCUT2D eigenvalue weighted by molar-refractivity contribution is 6.30. The number of hydrogen-bond acceptors (Lipinski definition) is 3. The van der Waals surface area contributed by atoms with Crippen LogP contribution in [0.25, 0.3) is 0 Å². The molecule has 2 N–H and O–H groups in total. The third-order valence-corrected chi connectivity index (χ3v) is 5.53. The van der Waals surface area contributed by atoms with Gasteiger partial charge >= 0.3 is 6.18 Å². The zero-order valence-corrected chi connectivity index (χ0v) is 18.0. The Kier molecular flexibility index (Phi) is 6.49. The number of benzene rings is 2. The number of halogens is 5. The molecule has 1 unspecified atom stereocenters. The number of nitrogens with zero attached hydrogens (tertiary/aromatic N) is 2. The molecule has 0 aliphatic heterocycles. The minimum absolute atomic E-state index is 0.0834. The fraction of sp³-hybridized carbons (Fsp3) is 0.167. The molecule has 2 aromatic carbocycles. The van der Waals surface area contributed by atoms with E-state index < -0.39 is 23.1 Å². The van der Waals surface area contributed by atoms with Crippen molar-refractivity contribution in [2.45, 2.75) is 24.7 Å². The lowest BCUT2D eigenvalue weighted by Crippen LogP contribution is -2.46. The van der Waals surface area contributed by atoms with Gasteiger partial charge in [0, 0.05) is 25.0 Å². The molecule has 4 nitrogen and oxygen atoms in total. The summed E-state index contributed by atoms with van der Waals surface area (Å²) in [5.74, 6) is -0.431. The summed E-state index contributed by atoms with van der Waals surface area (Å²) in [7, 11) is 0.